The molecule has 0 radical (unpaired) electrons. The van der Waals surface area contributed by atoms with Crippen molar-refractivity contribution in [3.63, 3.8) is 0 Å². The van der Waals surface area contributed by atoms with E-state index in [2.05, 4.69) is 32.6 Å². The molecule has 2 heterocycles. The van der Waals surface area contributed by atoms with Crippen LogP contribution in [0, 0.1) is 18.8 Å². The van der Waals surface area contributed by atoms with Gasteiger partial charge in [0.15, 0.2) is 0 Å². The van der Waals surface area contributed by atoms with Crippen LogP contribution < -0.4 is 16.5 Å². The van der Waals surface area contributed by atoms with Crippen molar-refractivity contribution >= 4 is 17.8 Å². The summed E-state index contributed by atoms with van der Waals surface area (Å²) >= 11 is 0. The first-order chi connectivity index (χ1) is 19.0. The predicted octanol–water partition coefficient (Wildman–Crippen LogP) is 3.87. The summed E-state index contributed by atoms with van der Waals surface area (Å²) in [5.74, 6) is 5.36. The number of anilines is 1. The molecule has 0 saturated carbocycles. The maximum absolute atomic E-state index is 14.0. The van der Waals surface area contributed by atoms with Gasteiger partial charge >= 0.3 is 6.18 Å². The van der Waals surface area contributed by atoms with E-state index in [4.69, 9.17) is 5.73 Å². The fourth-order valence-electron chi connectivity index (χ4n) is 4.50. The number of halogens is 3. The third-order valence-corrected chi connectivity index (χ3v) is 6.82. The van der Waals surface area contributed by atoms with Gasteiger partial charge in [0.2, 0.25) is 0 Å². The highest BCUT2D eigenvalue weighted by Crippen LogP contribution is 2.35. The monoisotopic (exact) mass is 551 g/mol. The van der Waals surface area contributed by atoms with Crippen molar-refractivity contribution in [1.82, 2.24) is 20.3 Å². The molecule has 1 saturated heterocycles. The van der Waals surface area contributed by atoms with Crippen LogP contribution in [0.3, 0.4) is 0 Å². The molecule has 1 atom stereocenters. The zero-order chi connectivity index (χ0) is 28.9. The fraction of sp³-hybridized carbons (Fsp3) is 0.310. The van der Waals surface area contributed by atoms with Gasteiger partial charge in [-0.3, -0.25) is 15.1 Å². The van der Waals surface area contributed by atoms with Gasteiger partial charge in [0, 0.05) is 54.9 Å². The average Bonchev–Trinajstić information content (AvgIpc) is 3.40. The van der Waals surface area contributed by atoms with Crippen molar-refractivity contribution in [2.75, 3.05) is 32.5 Å². The van der Waals surface area contributed by atoms with Gasteiger partial charge in [0.1, 0.15) is 5.70 Å². The number of likely N-dealkylation sites (tertiary alicyclic amines) is 1. The maximum Gasteiger partial charge on any atom is 0.416 e. The van der Waals surface area contributed by atoms with Crippen LogP contribution in [0.2, 0.25) is 0 Å². The highest BCUT2D eigenvalue weighted by molar-refractivity contribution is 6.04. The fourth-order valence-corrected chi connectivity index (χ4v) is 4.50. The van der Waals surface area contributed by atoms with E-state index in [9.17, 15) is 18.0 Å². The molecule has 2 aromatic rings. The Balaban J connectivity index is 1.51. The van der Waals surface area contributed by atoms with Crippen LogP contribution in [0.25, 0.3) is 0 Å². The topological polar surface area (TPSA) is 89.2 Å². The Morgan fingerprint density at radius 3 is 2.73 bits per heavy atom. The van der Waals surface area contributed by atoms with Crippen molar-refractivity contribution in [2.24, 2.45) is 10.8 Å². The van der Waals surface area contributed by atoms with Crippen LogP contribution in [0.4, 0.5) is 18.9 Å². The normalized spacial score (nSPS) is 17.5. The third kappa shape index (κ3) is 7.02. The molecule has 1 fully saturated rings. The lowest BCUT2D eigenvalue weighted by molar-refractivity contribution is -0.138. The molecule has 210 valence electrons. The summed E-state index contributed by atoms with van der Waals surface area (Å²) in [4.78, 5) is 17.1. The molecule has 2 aromatic carbocycles. The Morgan fingerprint density at radius 2 is 2.08 bits per heavy atom. The largest absolute Gasteiger partial charge is 0.416 e. The highest BCUT2D eigenvalue weighted by Gasteiger charge is 2.35. The number of allylic oxidation sites excluding steroid dienone is 2. The van der Waals surface area contributed by atoms with Crippen molar-refractivity contribution in [1.29, 1.82) is 0 Å². The van der Waals surface area contributed by atoms with E-state index < -0.39 is 17.6 Å². The van der Waals surface area contributed by atoms with E-state index in [1.165, 1.54) is 23.5 Å². The summed E-state index contributed by atoms with van der Waals surface area (Å²) in [7, 11) is 3.95. The number of nitrogens with one attached hydrogen (secondary N) is 2. The summed E-state index contributed by atoms with van der Waals surface area (Å²) in [5, 5.41) is 8.11. The molecule has 0 spiro atoms. The van der Waals surface area contributed by atoms with Crippen molar-refractivity contribution in [3.8, 4) is 11.8 Å². The lowest BCUT2D eigenvalue weighted by Crippen LogP contribution is -2.31. The van der Waals surface area contributed by atoms with Gasteiger partial charge in [-0.2, -0.15) is 23.4 Å². The second kappa shape index (κ2) is 12.3. The first kappa shape index (κ1) is 28.7. The summed E-state index contributed by atoms with van der Waals surface area (Å²) in [5.41, 5.74) is 10.1. The van der Waals surface area contributed by atoms with Crippen LogP contribution in [0.15, 0.2) is 65.7 Å². The number of hydrazone groups is 1. The van der Waals surface area contributed by atoms with E-state index >= 15 is 0 Å². The van der Waals surface area contributed by atoms with E-state index in [0.717, 1.165) is 24.6 Å². The van der Waals surface area contributed by atoms with Gasteiger partial charge in [0.05, 0.1) is 11.8 Å². The Labute approximate surface area is 232 Å². The Hall–Kier alpha value is -4.27. The summed E-state index contributed by atoms with van der Waals surface area (Å²) in [6, 6.07) is 9.20. The SMILES string of the molecule is Cc1ccc(C(=O)Nc2ccc(CN3CC[C@@H](N(C)C)C3)c(C(F)(F)F)c2)cc1C#C/C(=C/N)N1N=CC=CN1. The molecule has 2 aliphatic rings. The second-order valence-corrected chi connectivity index (χ2v) is 9.86. The quantitative estimate of drug-likeness (QED) is 0.473. The minimum absolute atomic E-state index is 0.0670. The summed E-state index contributed by atoms with van der Waals surface area (Å²) in [6.07, 6.45) is 2.61. The lowest BCUT2D eigenvalue weighted by atomic mass is 10.0. The van der Waals surface area contributed by atoms with Crippen molar-refractivity contribution in [2.45, 2.75) is 32.1 Å². The van der Waals surface area contributed by atoms with Crippen molar-refractivity contribution in [3.05, 3.63) is 88.4 Å². The average molecular weight is 552 g/mol. The number of hydrogen-bond acceptors (Lipinski definition) is 7. The Kier molecular flexibility index (Phi) is 8.82. The minimum Gasteiger partial charge on any atom is -0.402 e. The summed E-state index contributed by atoms with van der Waals surface area (Å²) in [6.45, 7) is 3.48. The smallest absolute Gasteiger partial charge is 0.402 e. The number of aryl methyl sites for hydroxylation is 1. The van der Waals surface area contributed by atoms with Gasteiger partial charge in [-0.15, -0.1) is 0 Å². The number of carbonyl (C=O) groups is 1. The van der Waals surface area contributed by atoms with Crippen LogP contribution in [-0.4, -0.2) is 60.3 Å². The van der Waals surface area contributed by atoms with Crippen LogP contribution in [0.5, 0.6) is 0 Å². The molecular weight excluding hydrogens is 519 g/mol. The molecule has 11 heteroatoms. The van der Waals surface area contributed by atoms with Gasteiger partial charge in [-0.05, 0) is 74.8 Å². The third-order valence-electron chi connectivity index (χ3n) is 6.82. The molecule has 4 N–H and O–H groups in total. The molecule has 40 heavy (non-hydrogen) atoms. The molecular formula is C29H32F3N7O. The first-order valence-corrected chi connectivity index (χ1v) is 12.8. The number of alkyl halides is 3. The van der Waals surface area contributed by atoms with Gasteiger partial charge in [0.25, 0.3) is 5.91 Å². The number of hydrogen-bond donors (Lipinski definition) is 3. The van der Waals surface area contributed by atoms with E-state index in [1.807, 2.05) is 25.9 Å². The number of rotatable bonds is 6. The van der Waals surface area contributed by atoms with Gasteiger partial charge in [-0.1, -0.05) is 18.1 Å². The van der Waals surface area contributed by atoms with Crippen LogP contribution >= 0.6 is 0 Å². The number of nitrogens with zero attached hydrogens (tertiary/aromatic N) is 4. The number of hydrazine groups is 1. The number of amides is 1. The first-order valence-electron chi connectivity index (χ1n) is 12.8. The zero-order valence-corrected chi connectivity index (χ0v) is 22.6. The standard InChI is InChI=1S/C29H32F3N7O/c1-20-5-6-22(15-21(20)8-10-25(17-33)39-34-12-4-13-35-39)28(40)36-24-9-7-23(27(16-24)29(30,31)32)18-38-14-11-26(19-38)37(2)3/h4-7,9,12-13,15-17,26,34H,11,14,18-19,33H2,1-3H3,(H,36,40)/b25-17-/t26-/m1/s1. The van der Waals surface area contributed by atoms with Crippen molar-refractivity contribution < 1.29 is 18.0 Å². The molecule has 0 unspecified atom stereocenters. The predicted molar refractivity (Wildman–Crippen MR) is 150 cm³/mol. The molecule has 8 nitrogen and oxygen atoms in total. The molecule has 4 rings (SSSR count). The molecule has 1 amide bonds. The second-order valence-electron chi connectivity index (χ2n) is 9.86. The lowest BCUT2D eigenvalue weighted by Gasteiger charge is -2.22. The molecule has 0 aliphatic carbocycles. The van der Waals surface area contributed by atoms with Crippen LogP contribution in [-0.2, 0) is 12.7 Å². The number of nitrogens with two attached hydrogens (primary N) is 1. The zero-order valence-electron chi connectivity index (χ0n) is 22.6. The number of benzene rings is 2. The van der Waals surface area contributed by atoms with Gasteiger partial charge < -0.3 is 16.0 Å². The van der Waals surface area contributed by atoms with Gasteiger partial charge in [-0.25, -0.2) is 0 Å². The Morgan fingerprint density at radius 1 is 1.27 bits per heavy atom. The summed E-state index contributed by atoms with van der Waals surface area (Å²) < 4.78 is 42.0. The number of likely N-dealkylation sites (N-methyl/N-ethyl adjacent to an activating group) is 1. The molecule has 0 aromatic heterocycles. The van der Waals surface area contributed by atoms with E-state index in [1.54, 1.807) is 36.7 Å². The molecule has 0 bridgehead atoms. The van der Waals surface area contributed by atoms with E-state index in [-0.39, 0.29) is 23.4 Å². The maximum atomic E-state index is 14.0. The number of carbonyl (C=O) groups excluding carboxylic acids is 1. The highest BCUT2D eigenvalue weighted by atomic mass is 19.4. The Bertz CT molecular complexity index is 1400. The van der Waals surface area contributed by atoms with Crippen LogP contribution in [0.1, 0.15) is 39.0 Å². The van der Waals surface area contributed by atoms with E-state index in [0.29, 0.717) is 23.8 Å². The molecule has 2 aliphatic heterocycles. The minimum atomic E-state index is -4.55.